The van der Waals surface area contributed by atoms with Gasteiger partial charge in [-0.25, -0.2) is 9.78 Å². The number of anilines is 1. The minimum Gasteiger partial charge on any atom is -0.440 e. The van der Waals surface area contributed by atoms with Gasteiger partial charge in [-0.2, -0.15) is 0 Å². The first kappa shape index (κ1) is 13.6. The smallest absolute Gasteiger partial charge is 0.322 e. The third-order valence-electron chi connectivity index (χ3n) is 4.11. The molecule has 2 aromatic rings. The number of hydrogen-bond acceptors (Lipinski definition) is 4. The number of oxazole rings is 1. The van der Waals surface area contributed by atoms with Gasteiger partial charge in [-0.15, -0.1) is 0 Å². The molecule has 1 atom stereocenters. The van der Waals surface area contributed by atoms with Crippen LogP contribution in [-0.4, -0.2) is 41.7 Å². The predicted octanol–water partition coefficient (Wildman–Crippen LogP) is 2.96. The van der Waals surface area contributed by atoms with Crippen molar-refractivity contribution in [1.82, 2.24) is 9.88 Å². The number of rotatable bonds is 2. The van der Waals surface area contributed by atoms with Crippen molar-refractivity contribution in [3.63, 3.8) is 0 Å². The number of morpholine rings is 1. The number of ether oxygens (including phenoxy) is 1. The Hall–Kier alpha value is -2.08. The number of amides is 2. The normalized spacial score (nSPS) is 22.0. The fourth-order valence-electron chi connectivity index (χ4n) is 2.73. The maximum atomic E-state index is 12.3. The average molecular weight is 301 g/mol. The van der Waals surface area contributed by atoms with Crippen LogP contribution in [0.1, 0.15) is 31.6 Å². The van der Waals surface area contributed by atoms with Crippen molar-refractivity contribution < 1.29 is 13.9 Å². The van der Waals surface area contributed by atoms with Crippen LogP contribution in [0.5, 0.6) is 0 Å². The highest BCUT2D eigenvalue weighted by Gasteiger charge is 2.29. The van der Waals surface area contributed by atoms with E-state index in [1.165, 1.54) is 0 Å². The lowest BCUT2D eigenvalue weighted by atomic mass is 10.3. The number of carbonyl (C=O) groups is 1. The second kappa shape index (κ2) is 5.28. The predicted molar refractivity (Wildman–Crippen MR) is 82.0 cm³/mol. The lowest BCUT2D eigenvalue weighted by molar-refractivity contribution is -0.00138. The lowest BCUT2D eigenvalue weighted by Crippen LogP contribution is -2.46. The van der Waals surface area contributed by atoms with Gasteiger partial charge in [-0.1, -0.05) is 0 Å². The molecule has 0 radical (unpaired) electrons. The van der Waals surface area contributed by atoms with E-state index in [-0.39, 0.29) is 12.1 Å². The average Bonchev–Trinajstić information content (AvgIpc) is 3.27. The largest absolute Gasteiger partial charge is 0.440 e. The van der Waals surface area contributed by atoms with E-state index in [9.17, 15) is 4.79 Å². The fraction of sp³-hybridized carbons (Fsp3) is 0.500. The zero-order valence-electron chi connectivity index (χ0n) is 12.5. The number of carbonyl (C=O) groups excluding carboxylic acids is 1. The third kappa shape index (κ3) is 2.66. The number of nitrogens with zero attached hydrogens (tertiary/aromatic N) is 2. The molecule has 2 fully saturated rings. The Morgan fingerprint density at radius 2 is 2.27 bits per heavy atom. The molecule has 6 heteroatoms. The zero-order valence-corrected chi connectivity index (χ0v) is 12.5. The van der Waals surface area contributed by atoms with Crippen LogP contribution >= 0.6 is 0 Å². The Bertz CT molecular complexity index is 708. The Balaban J connectivity index is 1.49. The number of urea groups is 1. The van der Waals surface area contributed by atoms with E-state index in [0.29, 0.717) is 25.6 Å². The molecule has 1 saturated heterocycles. The Morgan fingerprint density at radius 1 is 1.41 bits per heavy atom. The molecule has 4 rings (SSSR count). The molecule has 2 heterocycles. The number of hydrogen-bond donors (Lipinski definition) is 1. The van der Waals surface area contributed by atoms with E-state index in [0.717, 1.165) is 35.5 Å². The van der Waals surface area contributed by atoms with Gasteiger partial charge in [-0.3, -0.25) is 0 Å². The summed E-state index contributed by atoms with van der Waals surface area (Å²) in [5, 5.41) is 2.93. The topological polar surface area (TPSA) is 67.6 Å². The second-order valence-corrected chi connectivity index (χ2v) is 6.07. The fourth-order valence-corrected chi connectivity index (χ4v) is 2.73. The van der Waals surface area contributed by atoms with Gasteiger partial charge < -0.3 is 19.4 Å². The van der Waals surface area contributed by atoms with Gasteiger partial charge in [0.1, 0.15) is 5.52 Å². The summed E-state index contributed by atoms with van der Waals surface area (Å²) in [6, 6.07) is 5.49. The van der Waals surface area contributed by atoms with E-state index < -0.39 is 0 Å². The monoisotopic (exact) mass is 301 g/mol. The van der Waals surface area contributed by atoms with E-state index >= 15 is 0 Å². The quantitative estimate of drug-likeness (QED) is 0.926. The van der Waals surface area contributed by atoms with Gasteiger partial charge >= 0.3 is 6.03 Å². The van der Waals surface area contributed by atoms with Gasteiger partial charge in [0.2, 0.25) is 0 Å². The van der Waals surface area contributed by atoms with E-state index in [4.69, 9.17) is 9.15 Å². The van der Waals surface area contributed by atoms with Crippen molar-refractivity contribution in [3.05, 3.63) is 24.1 Å². The molecule has 2 amide bonds. The van der Waals surface area contributed by atoms with Crippen molar-refractivity contribution in [2.75, 3.05) is 25.0 Å². The van der Waals surface area contributed by atoms with Crippen molar-refractivity contribution in [3.8, 4) is 0 Å². The molecule has 1 unspecified atom stereocenters. The molecule has 0 spiro atoms. The Labute approximate surface area is 128 Å². The van der Waals surface area contributed by atoms with Crippen LogP contribution in [-0.2, 0) is 4.74 Å². The Kier molecular flexibility index (Phi) is 3.26. The molecule has 1 saturated carbocycles. The minimum absolute atomic E-state index is 0.0821. The molecule has 2 aliphatic rings. The standard InChI is InChI=1S/C16H19N3O3/c1-10-9-19(6-7-21-10)16(20)17-12-4-5-14-13(8-12)18-15(22-14)11-2-3-11/h4-5,8,10-11H,2-3,6-7,9H2,1H3,(H,17,20). The highest BCUT2D eigenvalue weighted by atomic mass is 16.5. The highest BCUT2D eigenvalue weighted by Crippen LogP contribution is 2.40. The van der Waals surface area contributed by atoms with Gasteiger partial charge in [0, 0.05) is 24.7 Å². The van der Waals surface area contributed by atoms with E-state index in [2.05, 4.69) is 10.3 Å². The number of benzene rings is 1. The number of aromatic nitrogens is 1. The van der Waals surface area contributed by atoms with Gasteiger partial charge in [0.05, 0.1) is 12.7 Å². The molecule has 0 bridgehead atoms. The van der Waals surface area contributed by atoms with Crippen molar-refractivity contribution in [2.24, 2.45) is 0 Å². The molecule has 1 aromatic carbocycles. The molecular weight excluding hydrogens is 282 g/mol. The summed E-state index contributed by atoms with van der Waals surface area (Å²) in [7, 11) is 0. The van der Waals surface area contributed by atoms with Crippen LogP contribution in [0.4, 0.5) is 10.5 Å². The van der Waals surface area contributed by atoms with Crippen LogP contribution in [0.3, 0.4) is 0 Å². The van der Waals surface area contributed by atoms with Crippen LogP contribution in [0.2, 0.25) is 0 Å². The number of fused-ring (bicyclic) bond motifs is 1. The molecule has 1 aliphatic carbocycles. The summed E-state index contributed by atoms with van der Waals surface area (Å²) in [6.45, 7) is 3.79. The summed E-state index contributed by atoms with van der Waals surface area (Å²) < 4.78 is 11.2. The highest BCUT2D eigenvalue weighted by molar-refractivity contribution is 5.91. The molecular formula is C16H19N3O3. The summed E-state index contributed by atoms with van der Waals surface area (Å²) >= 11 is 0. The summed E-state index contributed by atoms with van der Waals surface area (Å²) in [5.74, 6) is 1.31. The van der Waals surface area contributed by atoms with Crippen molar-refractivity contribution in [1.29, 1.82) is 0 Å². The van der Waals surface area contributed by atoms with Gasteiger partial charge in [-0.05, 0) is 38.0 Å². The van der Waals surface area contributed by atoms with Gasteiger partial charge in [0.15, 0.2) is 11.5 Å². The van der Waals surface area contributed by atoms with Crippen molar-refractivity contribution in [2.45, 2.75) is 31.8 Å². The zero-order chi connectivity index (χ0) is 15.1. The maximum Gasteiger partial charge on any atom is 0.322 e. The first-order chi connectivity index (χ1) is 10.7. The van der Waals surface area contributed by atoms with Crippen LogP contribution < -0.4 is 5.32 Å². The Morgan fingerprint density at radius 3 is 3.05 bits per heavy atom. The van der Waals surface area contributed by atoms with Crippen molar-refractivity contribution >= 4 is 22.8 Å². The molecule has 116 valence electrons. The molecule has 6 nitrogen and oxygen atoms in total. The molecule has 1 N–H and O–H groups in total. The first-order valence-electron chi connectivity index (χ1n) is 7.77. The SMILES string of the molecule is CC1CN(C(=O)Nc2ccc3oc(C4CC4)nc3c2)CCO1. The minimum atomic E-state index is -0.0968. The van der Waals surface area contributed by atoms with Crippen LogP contribution in [0.15, 0.2) is 22.6 Å². The maximum absolute atomic E-state index is 12.3. The summed E-state index contributed by atoms with van der Waals surface area (Å²) in [6.07, 6.45) is 2.40. The van der Waals surface area contributed by atoms with Crippen LogP contribution in [0, 0.1) is 0 Å². The van der Waals surface area contributed by atoms with E-state index in [1.54, 1.807) is 4.90 Å². The molecule has 1 aromatic heterocycles. The number of nitrogens with one attached hydrogen (secondary N) is 1. The van der Waals surface area contributed by atoms with E-state index in [1.807, 2.05) is 25.1 Å². The molecule has 22 heavy (non-hydrogen) atoms. The third-order valence-corrected chi connectivity index (χ3v) is 4.11. The molecule has 1 aliphatic heterocycles. The lowest BCUT2D eigenvalue weighted by Gasteiger charge is -2.31. The summed E-state index contributed by atoms with van der Waals surface area (Å²) in [5.41, 5.74) is 2.32. The summed E-state index contributed by atoms with van der Waals surface area (Å²) in [4.78, 5) is 18.6. The first-order valence-corrected chi connectivity index (χ1v) is 7.77. The van der Waals surface area contributed by atoms with Crippen LogP contribution in [0.25, 0.3) is 11.1 Å². The van der Waals surface area contributed by atoms with Gasteiger partial charge in [0.25, 0.3) is 0 Å². The second-order valence-electron chi connectivity index (χ2n) is 6.07.